The third-order valence-electron chi connectivity index (χ3n) is 0.906. The Hall–Kier alpha value is -1.25. The first kappa shape index (κ1) is 5.88. The molecule has 2 nitrogen and oxygen atoms in total. The van der Waals surface area contributed by atoms with Gasteiger partial charge in [0.05, 0.1) is 0 Å². The van der Waals surface area contributed by atoms with E-state index in [1.165, 1.54) is 24.6 Å². The summed E-state index contributed by atoms with van der Waals surface area (Å²) in [5.41, 5.74) is 5.82. The molecule has 3 N–H and O–H groups in total. The number of hydrogen-bond acceptors (Lipinski definition) is 2. The minimum absolute atomic E-state index is 0.327. The summed E-state index contributed by atoms with van der Waals surface area (Å²) in [6.45, 7) is 0. The minimum atomic E-state index is -0.327. The fourth-order valence-corrected chi connectivity index (χ4v) is 0.490. The van der Waals surface area contributed by atoms with Gasteiger partial charge in [0.25, 0.3) is 0 Å². The molecule has 9 heavy (non-hydrogen) atoms. The van der Waals surface area contributed by atoms with Crippen molar-refractivity contribution in [3.63, 3.8) is 0 Å². The first-order valence-electron chi connectivity index (χ1n) is 2.54. The van der Waals surface area contributed by atoms with Crippen LogP contribution in [0, 0.1) is 0 Å². The van der Waals surface area contributed by atoms with Crippen LogP contribution in [0.15, 0.2) is 36.1 Å². The fraction of sp³-hybridized carbons (Fsp3) is 0. The van der Waals surface area contributed by atoms with Crippen molar-refractivity contribution in [3.8, 4) is 0 Å². The van der Waals surface area contributed by atoms with Crippen molar-refractivity contribution in [1.29, 1.82) is 0 Å². The first-order valence-corrected chi connectivity index (χ1v) is 2.54. The van der Waals surface area contributed by atoms with E-state index in [2.05, 4.69) is 5.32 Å². The summed E-state index contributed by atoms with van der Waals surface area (Å²) >= 11 is 0. The molecule has 0 fully saturated rings. The summed E-state index contributed by atoms with van der Waals surface area (Å²) in [5, 5.41) is 2.56. The summed E-state index contributed by atoms with van der Waals surface area (Å²) in [6.07, 6.45) is 5.54. The van der Waals surface area contributed by atoms with E-state index in [0.717, 1.165) is 0 Å². The number of rotatable bonds is 0. The van der Waals surface area contributed by atoms with Gasteiger partial charge in [-0.3, -0.25) is 0 Å². The molecule has 0 amide bonds. The topological polar surface area (TPSA) is 38.0 Å². The van der Waals surface area contributed by atoms with E-state index < -0.39 is 0 Å². The molecule has 3 heteroatoms. The Morgan fingerprint density at radius 1 is 1.33 bits per heavy atom. The van der Waals surface area contributed by atoms with Crippen LogP contribution >= 0.6 is 0 Å². The molecule has 0 saturated heterocycles. The summed E-state index contributed by atoms with van der Waals surface area (Å²) in [4.78, 5) is 0. The van der Waals surface area contributed by atoms with E-state index in [1.807, 2.05) is 0 Å². The van der Waals surface area contributed by atoms with Crippen molar-refractivity contribution < 1.29 is 4.39 Å². The van der Waals surface area contributed by atoms with E-state index in [4.69, 9.17) is 5.73 Å². The van der Waals surface area contributed by atoms with E-state index in [1.54, 1.807) is 0 Å². The quantitative estimate of drug-likeness (QED) is 0.502. The minimum Gasteiger partial charge on any atom is -0.398 e. The Balaban J connectivity index is 2.75. The Morgan fingerprint density at radius 2 is 2.11 bits per heavy atom. The Bertz CT molecular complexity index is 171. The highest BCUT2D eigenvalue weighted by Gasteiger charge is 1.90. The second-order valence-electron chi connectivity index (χ2n) is 1.67. The Kier molecular flexibility index (Phi) is 1.53. The Labute approximate surface area is 52.5 Å². The van der Waals surface area contributed by atoms with Crippen molar-refractivity contribution in [2.45, 2.75) is 0 Å². The highest BCUT2D eigenvalue weighted by atomic mass is 19.1. The zero-order valence-corrected chi connectivity index (χ0v) is 4.76. The molecule has 0 radical (unpaired) electrons. The third-order valence-corrected chi connectivity index (χ3v) is 0.906. The van der Waals surface area contributed by atoms with Gasteiger partial charge in [-0.1, -0.05) is 0 Å². The molecule has 0 bridgehead atoms. The summed E-state index contributed by atoms with van der Waals surface area (Å²) in [5.74, 6) is -0.327. The first-order chi connectivity index (χ1) is 4.29. The molecule has 0 saturated carbocycles. The van der Waals surface area contributed by atoms with Gasteiger partial charge in [0.15, 0.2) is 0 Å². The highest BCUT2D eigenvalue weighted by molar-refractivity contribution is 5.25. The highest BCUT2D eigenvalue weighted by Crippen LogP contribution is 2.01. The van der Waals surface area contributed by atoms with Gasteiger partial charge in [-0.2, -0.15) is 0 Å². The van der Waals surface area contributed by atoms with E-state index in [0.29, 0.717) is 5.70 Å². The molecule has 0 aromatic rings. The van der Waals surface area contributed by atoms with Gasteiger partial charge >= 0.3 is 0 Å². The predicted octanol–water partition coefficient (Wildman–Crippen LogP) is 0.757. The van der Waals surface area contributed by atoms with E-state index in [-0.39, 0.29) is 5.83 Å². The van der Waals surface area contributed by atoms with Crippen LogP contribution in [0.3, 0.4) is 0 Å². The average molecular weight is 126 g/mol. The van der Waals surface area contributed by atoms with Crippen LogP contribution in [-0.4, -0.2) is 0 Å². The van der Waals surface area contributed by atoms with Crippen LogP contribution in [-0.2, 0) is 0 Å². The largest absolute Gasteiger partial charge is 0.398 e. The molecule has 1 rings (SSSR count). The maximum atomic E-state index is 12.2. The van der Waals surface area contributed by atoms with Gasteiger partial charge < -0.3 is 11.1 Å². The summed E-state index contributed by atoms with van der Waals surface area (Å²) in [7, 11) is 0. The maximum absolute atomic E-state index is 12.2. The van der Waals surface area contributed by atoms with Crippen LogP contribution < -0.4 is 11.1 Å². The van der Waals surface area contributed by atoms with Crippen LogP contribution in [0.2, 0.25) is 0 Å². The number of allylic oxidation sites excluding steroid dienone is 3. The van der Waals surface area contributed by atoms with Crippen LogP contribution in [0.5, 0.6) is 0 Å². The van der Waals surface area contributed by atoms with Crippen molar-refractivity contribution in [1.82, 2.24) is 5.32 Å². The Morgan fingerprint density at radius 3 is 2.89 bits per heavy atom. The van der Waals surface area contributed by atoms with Gasteiger partial charge in [-0.15, -0.1) is 0 Å². The molecule has 48 valence electrons. The molecule has 0 spiro atoms. The van der Waals surface area contributed by atoms with Crippen molar-refractivity contribution in [3.05, 3.63) is 36.1 Å². The molecule has 0 aromatic heterocycles. The second kappa shape index (κ2) is 2.35. The lowest BCUT2D eigenvalue weighted by molar-refractivity contribution is 0.660. The molecule has 1 aliphatic rings. The van der Waals surface area contributed by atoms with Crippen molar-refractivity contribution in [2.24, 2.45) is 5.73 Å². The molecule has 0 aromatic carbocycles. The lowest BCUT2D eigenvalue weighted by Crippen LogP contribution is -1.99. The SMILES string of the molecule is NC1=CNC=C(F)C=C1. The normalized spacial score (nSPS) is 17.4. The van der Waals surface area contributed by atoms with Crippen molar-refractivity contribution in [2.75, 3.05) is 0 Å². The number of nitrogens with one attached hydrogen (secondary N) is 1. The molecule has 0 atom stereocenters. The van der Waals surface area contributed by atoms with E-state index in [9.17, 15) is 4.39 Å². The fourth-order valence-electron chi connectivity index (χ4n) is 0.490. The van der Waals surface area contributed by atoms with Gasteiger partial charge in [0, 0.05) is 18.1 Å². The monoisotopic (exact) mass is 126 g/mol. The number of nitrogens with two attached hydrogens (primary N) is 1. The van der Waals surface area contributed by atoms with Crippen LogP contribution in [0.1, 0.15) is 0 Å². The maximum Gasteiger partial charge on any atom is 0.139 e. The smallest absolute Gasteiger partial charge is 0.139 e. The number of halogens is 1. The van der Waals surface area contributed by atoms with Gasteiger partial charge in [-0.05, 0) is 12.2 Å². The van der Waals surface area contributed by atoms with Gasteiger partial charge in [0.2, 0.25) is 0 Å². The second-order valence-corrected chi connectivity index (χ2v) is 1.67. The average Bonchev–Trinajstić information content (AvgIpc) is 1.97. The third kappa shape index (κ3) is 1.60. The van der Waals surface area contributed by atoms with Crippen LogP contribution in [0.4, 0.5) is 4.39 Å². The van der Waals surface area contributed by atoms with Gasteiger partial charge in [-0.25, -0.2) is 4.39 Å². The number of hydrogen-bond donors (Lipinski definition) is 2. The molecular formula is C6H7FN2. The molecule has 1 heterocycles. The van der Waals surface area contributed by atoms with E-state index >= 15 is 0 Å². The summed E-state index contributed by atoms with van der Waals surface area (Å²) < 4.78 is 12.2. The zero-order chi connectivity index (χ0) is 6.69. The zero-order valence-electron chi connectivity index (χ0n) is 4.76. The molecule has 0 unspecified atom stereocenters. The lowest BCUT2D eigenvalue weighted by Gasteiger charge is -1.87. The predicted molar refractivity (Wildman–Crippen MR) is 33.7 cm³/mol. The van der Waals surface area contributed by atoms with Crippen LogP contribution in [0.25, 0.3) is 0 Å². The van der Waals surface area contributed by atoms with Crippen molar-refractivity contribution >= 4 is 0 Å². The molecule has 0 aliphatic carbocycles. The standard InChI is InChI=1S/C6H7FN2/c7-5-1-2-6(8)4-9-3-5/h1-4,9H,8H2. The lowest BCUT2D eigenvalue weighted by atomic mass is 10.4. The summed E-state index contributed by atoms with van der Waals surface area (Å²) in [6, 6.07) is 0. The molecular weight excluding hydrogens is 119 g/mol. The van der Waals surface area contributed by atoms with Gasteiger partial charge in [0.1, 0.15) is 5.83 Å². The molecule has 1 aliphatic heterocycles.